The second-order valence-electron chi connectivity index (χ2n) is 7.20. The molecule has 1 aromatic heterocycles. The minimum atomic E-state index is -0.549. The Morgan fingerprint density at radius 2 is 2.32 bits per heavy atom. The van der Waals surface area contributed by atoms with Gasteiger partial charge >= 0.3 is 0 Å². The molecule has 132 valence electrons. The van der Waals surface area contributed by atoms with Gasteiger partial charge < -0.3 is 15.6 Å². The van der Waals surface area contributed by atoms with E-state index < -0.39 is 6.10 Å². The van der Waals surface area contributed by atoms with Crippen LogP contribution in [0.4, 0.5) is 5.69 Å². The predicted molar refractivity (Wildman–Crippen MR) is 99.4 cm³/mol. The molecular formula is C20H25N3O2. The van der Waals surface area contributed by atoms with Crippen LogP contribution in [0.5, 0.6) is 5.75 Å². The zero-order valence-electron chi connectivity index (χ0n) is 14.6. The average molecular weight is 339 g/mol. The molecule has 0 amide bonds. The number of nitrogens with zero attached hydrogens (tertiary/aromatic N) is 2. The van der Waals surface area contributed by atoms with Crippen molar-refractivity contribution < 1.29 is 9.84 Å². The number of methoxy groups -OCH3 is 1. The number of anilines is 1. The van der Waals surface area contributed by atoms with Crippen LogP contribution in [0.1, 0.15) is 24.5 Å². The van der Waals surface area contributed by atoms with Crippen molar-refractivity contribution in [3.63, 3.8) is 0 Å². The lowest BCUT2D eigenvalue weighted by molar-refractivity contribution is -0.0444. The lowest BCUT2D eigenvalue weighted by Gasteiger charge is -2.50. The highest BCUT2D eigenvalue weighted by molar-refractivity contribution is 5.88. The van der Waals surface area contributed by atoms with E-state index >= 15 is 0 Å². The van der Waals surface area contributed by atoms with Gasteiger partial charge in [0.2, 0.25) is 0 Å². The summed E-state index contributed by atoms with van der Waals surface area (Å²) in [6.07, 6.45) is 5.48. The zero-order valence-corrected chi connectivity index (χ0v) is 14.6. The van der Waals surface area contributed by atoms with Crippen LogP contribution in [-0.4, -0.2) is 41.2 Å². The van der Waals surface area contributed by atoms with Crippen LogP contribution in [0.3, 0.4) is 0 Å². The largest absolute Gasteiger partial charge is 0.495 e. The number of aliphatic hydroxyl groups excluding tert-OH is 1. The second-order valence-corrected chi connectivity index (χ2v) is 7.20. The summed E-state index contributed by atoms with van der Waals surface area (Å²) in [6, 6.07) is 5.76. The number of benzene rings is 1. The lowest BCUT2D eigenvalue weighted by Crippen LogP contribution is -2.54. The molecule has 2 bridgehead atoms. The average Bonchev–Trinajstić information content (AvgIpc) is 2.66. The van der Waals surface area contributed by atoms with E-state index in [1.165, 1.54) is 6.42 Å². The molecule has 0 saturated carbocycles. The first-order chi connectivity index (χ1) is 12.1. The number of hydrogen-bond acceptors (Lipinski definition) is 5. The summed E-state index contributed by atoms with van der Waals surface area (Å²) in [5.41, 5.74) is 8.25. The van der Waals surface area contributed by atoms with Gasteiger partial charge in [0.15, 0.2) is 0 Å². The van der Waals surface area contributed by atoms with E-state index in [0.29, 0.717) is 23.3 Å². The van der Waals surface area contributed by atoms with Gasteiger partial charge in [-0.2, -0.15) is 0 Å². The molecule has 5 rings (SSSR count). The highest BCUT2D eigenvalue weighted by Gasteiger charge is 2.42. The molecule has 4 heterocycles. The van der Waals surface area contributed by atoms with Gasteiger partial charge in [-0.05, 0) is 55.0 Å². The van der Waals surface area contributed by atoms with Gasteiger partial charge in [0.05, 0.1) is 24.4 Å². The molecule has 3 aliphatic heterocycles. The Kier molecular flexibility index (Phi) is 4.13. The van der Waals surface area contributed by atoms with Gasteiger partial charge in [0.25, 0.3) is 0 Å². The fourth-order valence-corrected chi connectivity index (χ4v) is 4.56. The van der Waals surface area contributed by atoms with Crippen LogP contribution in [0.25, 0.3) is 10.9 Å². The summed E-state index contributed by atoms with van der Waals surface area (Å²) < 4.78 is 5.36. The Labute approximate surface area is 148 Å². The van der Waals surface area contributed by atoms with E-state index in [2.05, 4.69) is 22.5 Å². The molecule has 0 aliphatic carbocycles. The fourth-order valence-electron chi connectivity index (χ4n) is 4.56. The highest BCUT2D eigenvalue weighted by Crippen LogP contribution is 2.42. The van der Waals surface area contributed by atoms with Gasteiger partial charge in [-0.1, -0.05) is 6.08 Å². The predicted octanol–water partition coefficient (Wildman–Crippen LogP) is 2.76. The summed E-state index contributed by atoms with van der Waals surface area (Å²) >= 11 is 0. The molecule has 3 saturated heterocycles. The number of aliphatic hydroxyl groups is 1. The van der Waals surface area contributed by atoms with Gasteiger partial charge in [0.1, 0.15) is 5.75 Å². The fraction of sp³-hybridized carbons (Fsp3) is 0.450. The van der Waals surface area contributed by atoms with E-state index in [1.807, 2.05) is 18.2 Å². The maximum absolute atomic E-state index is 11.2. The Balaban J connectivity index is 1.71. The Bertz CT molecular complexity index is 807. The standard InChI is InChI=1S/C20H25N3O2/c1-3-12-11-23-7-5-13(12)8-18(23)20(24)14-4-6-22-17-10-16(21)19(25-2)9-15(14)17/h3-4,6,9-10,12-13,18,20,24H,1,5,7-8,11,21H2,2H3/t12?,13?,18?,20-/m1/s1. The Morgan fingerprint density at radius 1 is 1.48 bits per heavy atom. The number of rotatable bonds is 4. The summed E-state index contributed by atoms with van der Waals surface area (Å²) in [5.74, 6) is 1.79. The molecule has 1 aromatic carbocycles. The smallest absolute Gasteiger partial charge is 0.142 e. The number of pyridine rings is 1. The van der Waals surface area contributed by atoms with Crippen LogP contribution < -0.4 is 10.5 Å². The number of fused-ring (bicyclic) bond motifs is 4. The Hall–Kier alpha value is -2.11. The maximum atomic E-state index is 11.2. The second kappa shape index (κ2) is 6.32. The molecule has 0 radical (unpaired) electrons. The maximum Gasteiger partial charge on any atom is 0.142 e. The van der Waals surface area contributed by atoms with Crippen molar-refractivity contribution in [2.75, 3.05) is 25.9 Å². The molecular weight excluding hydrogens is 314 g/mol. The molecule has 2 aromatic rings. The topological polar surface area (TPSA) is 71.6 Å². The van der Waals surface area contributed by atoms with Crippen molar-refractivity contribution in [1.29, 1.82) is 0 Å². The van der Waals surface area contributed by atoms with E-state index in [0.717, 1.165) is 36.0 Å². The number of piperidine rings is 3. The van der Waals surface area contributed by atoms with Crippen molar-refractivity contribution in [1.82, 2.24) is 9.88 Å². The van der Waals surface area contributed by atoms with Crippen LogP contribution in [-0.2, 0) is 0 Å². The quantitative estimate of drug-likeness (QED) is 0.662. The minimum absolute atomic E-state index is 0.143. The number of aromatic nitrogens is 1. The van der Waals surface area contributed by atoms with Gasteiger partial charge in [-0.25, -0.2) is 0 Å². The first-order valence-corrected chi connectivity index (χ1v) is 8.89. The van der Waals surface area contributed by atoms with Crippen LogP contribution >= 0.6 is 0 Å². The van der Waals surface area contributed by atoms with E-state index in [1.54, 1.807) is 13.3 Å². The number of hydrogen-bond donors (Lipinski definition) is 2. The van der Waals surface area contributed by atoms with Crippen molar-refractivity contribution in [3.8, 4) is 5.75 Å². The van der Waals surface area contributed by atoms with Crippen molar-refractivity contribution >= 4 is 16.6 Å². The molecule has 25 heavy (non-hydrogen) atoms. The third-order valence-corrected chi connectivity index (χ3v) is 5.96. The first kappa shape index (κ1) is 16.4. The summed E-state index contributed by atoms with van der Waals surface area (Å²) in [6.45, 7) is 6.02. The summed E-state index contributed by atoms with van der Waals surface area (Å²) in [5, 5.41) is 12.1. The molecule has 4 unspecified atom stereocenters. The Morgan fingerprint density at radius 3 is 3.00 bits per heavy atom. The molecule has 0 spiro atoms. The third kappa shape index (κ3) is 2.68. The zero-order chi connectivity index (χ0) is 17.6. The van der Waals surface area contributed by atoms with Crippen LogP contribution in [0, 0.1) is 11.8 Å². The van der Waals surface area contributed by atoms with Crippen LogP contribution in [0.2, 0.25) is 0 Å². The SMILES string of the molecule is C=CC1CN2CCC1CC2[C@H](O)c1ccnc2cc(N)c(OC)cc12. The van der Waals surface area contributed by atoms with Crippen molar-refractivity contribution in [2.24, 2.45) is 11.8 Å². The minimum Gasteiger partial charge on any atom is -0.495 e. The van der Waals surface area contributed by atoms with Crippen LogP contribution in [0.15, 0.2) is 37.1 Å². The molecule has 5 atom stereocenters. The number of nitrogens with two attached hydrogens (primary N) is 1. The van der Waals surface area contributed by atoms with E-state index in [-0.39, 0.29) is 6.04 Å². The normalized spacial score (nSPS) is 29.5. The summed E-state index contributed by atoms with van der Waals surface area (Å²) in [7, 11) is 1.60. The molecule has 5 heteroatoms. The van der Waals surface area contributed by atoms with E-state index in [4.69, 9.17) is 10.5 Å². The summed E-state index contributed by atoms with van der Waals surface area (Å²) in [4.78, 5) is 6.82. The van der Waals surface area contributed by atoms with Crippen molar-refractivity contribution in [2.45, 2.75) is 25.0 Å². The van der Waals surface area contributed by atoms with Gasteiger partial charge in [0, 0.05) is 24.2 Å². The highest BCUT2D eigenvalue weighted by atomic mass is 16.5. The molecule has 5 nitrogen and oxygen atoms in total. The number of nitrogen functional groups attached to an aromatic ring is 1. The monoisotopic (exact) mass is 339 g/mol. The first-order valence-electron chi connectivity index (χ1n) is 8.89. The van der Waals surface area contributed by atoms with E-state index in [9.17, 15) is 5.11 Å². The van der Waals surface area contributed by atoms with Crippen molar-refractivity contribution in [3.05, 3.63) is 42.6 Å². The number of ether oxygens (including phenoxy) is 1. The molecule has 3 N–H and O–H groups in total. The van der Waals surface area contributed by atoms with Gasteiger partial charge in [-0.3, -0.25) is 9.88 Å². The third-order valence-electron chi connectivity index (χ3n) is 5.96. The molecule has 3 aliphatic rings. The lowest BCUT2D eigenvalue weighted by atomic mass is 9.73. The molecule has 3 fully saturated rings. The van der Waals surface area contributed by atoms with Gasteiger partial charge in [-0.15, -0.1) is 6.58 Å².